The normalized spacial score (nSPS) is 19.9. The lowest BCUT2D eigenvalue weighted by Gasteiger charge is -2.52. The van der Waals surface area contributed by atoms with E-state index in [1.54, 1.807) is 11.3 Å². The van der Waals surface area contributed by atoms with Crippen molar-refractivity contribution in [2.24, 2.45) is 0 Å². The van der Waals surface area contributed by atoms with Gasteiger partial charge in [-0.2, -0.15) is 0 Å². The van der Waals surface area contributed by atoms with Crippen molar-refractivity contribution in [3.63, 3.8) is 0 Å². The van der Waals surface area contributed by atoms with E-state index in [-0.39, 0.29) is 18.3 Å². The highest BCUT2D eigenvalue weighted by Crippen LogP contribution is 2.49. The summed E-state index contributed by atoms with van der Waals surface area (Å²) in [6, 6.07) is 5.93. The Hall–Kier alpha value is -0.529. The average molecular weight is 783 g/mol. The van der Waals surface area contributed by atoms with Gasteiger partial charge in [0.25, 0.3) is 0 Å². The number of hydrogen-bond acceptors (Lipinski definition) is 6. The minimum atomic E-state index is -2.38. The zero-order chi connectivity index (χ0) is 38.1. The van der Waals surface area contributed by atoms with E-state index in [0.29, 0.717) is 61.5 Å². The Balaban J connectivity index is 2.35. The Morgan fingerprint density at radius 1 is 0.660 bits per heavy atom. The second-order valence-corrected chi connectivity index (χ2v) is 35.5. The maximum absolute atomic E-state index is 7.85. The summed E-state index contributed by atoms with van der Waals surface area (Å²) < 4.78 is 31.3. The monoisotopic (exact) mass is 781 g/mol. The van der Waals surface area contributed by atoms with Crippen LogP contribution in [-0.2, 0) is 18.0 Å². The molecule has 0 spiro atoms. The van der Waals surface area contributed by atoms with E-state index < -0.39 is 25.0 Å². The van der Waals surface area contributed by atoms with Gasteiger partial charge < -0.3 is 18.0 Å². The van der Waals surface area contributed by atoms with Crippen LogP contribution < -0.4 is 0 Å². The van der Waals surface area contributed by atoms with Crippen LogP contribution in [0.2, 0.25) is 54.9 Å². The molecular formula is C40H72ClNO4SSi3. The minimum absolute atomic E-state index is 0.293. The van der Waals surface area contributed by atoms with Crippen molar-refractivity contribution in [3.8, 4) is 0 Å². The molecule has 1 aliphatic heterocycles. The zero-order valence-electron chi connectivity index (χ0n) is 34.8. The van der Waals surface area contributed by atoms with E-state index in [0.717, 1.165) is 21.0 Å². The van der Waals surface area contributed by atoms with Crippen molar-refractivity contribution in [1.29, 1.82) is 0 Å². The maximum Gasteiger partial charge on any atom is 0.201 e. The molecule has 2 aromatic rings. The number of thiazole rings is 1. The molecule has 0 amide bonds. The van der Waals surface area contributed by atoms with E-state index in [1.807, 2.05) is 12.1 Å². The van der Waals surface area contributed by atoms with Crippen LogP contribution in [0.1, 0.15) is 130 Å². The van der Waals surface area contributed by atoms with Crippen LogP contribution in [0.3, 0.4) is 0 Å². The van der Waals surface area contributed by atoms with E-state index in [2.05, 4.69) is 137 Å². The van der Waals surface area contributed by atoms with E-state index in [1.165, 1.54) is 0 Å². The predicted octanol–water partition coefficient (Wildman–Crippen LogP) is 14.0. The molecule has 0 N–H and O–H groups in total. The predicted molar refractivity (Wildman–Crippen MR) is 226 cm³/mol. The standard InChI is InChI=1S/C40H72ClNO4SSi3/c1-24(2)48(25(3)4,26(5)6)43-23-37-39(46-50(30(13)14,31(15)16)32(17)18)35(45-49(27(7)8,28(9)10)29(11)12)22-36(44-37)40-42-34-21-33(41)19-20-38(34)47-40/h19-22,24-32,35,37,39H,23H2,1-18H3/t35-,37-,39-/m1/s1. The van der Waals surface area contributed by atoms with Crippen molar-refractivity contribution in [2.75, 3.05) is 6.61 Å². The fourth-order valence-electron chi connectivity index (χ4n) is 10.2. The largest absolute Gasteiger partial charge is 0.482 e. The van der Waals surface area contributed by atoms with Crippen LogP contribution in [0.4, 0.5) is 0 Å². The number of nitrogens with zero attached hydrogens (tertiary/aromatic N) is 1. The topological polar surface area (TPSA) is 49.8 Å². The van der Waals surface area contributed by atoms with Gasteiger partial charge in [-0.15, -0.1) is 11.3 Å². The number of hydrogen-bond donors (Lipinski definition) is 0. The third-order valence-electron chi connectivity index (χ3n) is 12.1. The van der Waals surface area contributed by atoms with Gasteiger partial charge in [0.1, 0.15) is 12.2 Å². The van der Waals surface area contributed by atoms with Gasteiger partial charge >= 0.3 is 0 Å². The van der Waals surface area contributed by atoms with Gasteiger partial charge in [-0.3, -0.25) is 0 Å². The fourth-order valence-corrected chi connectivity index (χ4v) is 27.8. The number of fused-ring (bicyclic) bond motifs is 1. The number of halogens is 1. The molecule has 3 atom stereocenters. The lowest BCUT2D eigenvalue weighted by atomic mass is 10.0. The van der Waals surface area contributed by atoms with Crippen molar-refractivity contribution in [1.82, 2.24) is 4.98 Å². The van der Waals surface area contributed by atoms with Gasteiger partial charge in [-0.25, -0.2) is 4.98 Å². The third-order valence-corrected chi connectivity index (χ3v) is 31.7. The first-order valence-electron chi connectivity index (χ1n) is 19.5. The third kappa shape index (κ3) is 8.40. The molecule has 2 heterocycles. The molecule has 0 radical (unpaired) electrons. The smallest absolute Gasteiger partial charge is 0.201 e. The first kappa shape index (κ1) is 43.9. The molecule has 0 bridgehead atoms. The quantitative estimate of drug-likeness (QED) is 0.150. The summed E-state index contributed by atoms with van der Waals surface area (Å²) in [4.78, 5) is 5.08. The maximum atomic E-state index is 7.85. The van der Waals surface area contributed by atoms with Crippen LogP contribution in [-0.4, -0.2) is 54.9 Å². The molecular weight excluding hydrogens is 710 g/mol. The summed E-state index contributed by atoms with van der Waals surface area (Å²) in [6.45, 7) is 43.0. The molecule has 3 rings (SSSR count). The van der Waals surface area contributed by atoms with Gasteiger partial charge in [-0.05, 0) is 74.1 Å². The first-order chi connectivity index (χ1) is 23.1. The molecule has 0 saturated carbocycles. The van der Waals surface area contributed by atoms with Crippen LogP contribution in [0.15, 0.2) is 24.3 Å². The number of aromatic nitrogens is 1. The van der Waals surface area contributed by atoms with E-state index >= 15 is 0 Å². The highest BCUT2D eigenvalue weighted by Gasteiger charge is 2.55. The summed E-state index contributed by atoms with van der Waals surface area (Å²) in [5.41, 5.74) is 4.79. The number of rotatable bonds is 17. The summed E-state index contributed by atoms with van der Waals surface area (Å²) >= 11 is 8.07. The fraction of sp³-hybridized carbons (Fsp3) is 0.775. The SMILES string of the molecule is CC(C)[Si](OC[C@H]1OC(c2nc3cc(Cl)ccc3s2)=C[C@@H](O[Si](C(C)C)(C(C)C)C(C)C)[C@H]1O[Si](C(C)C)(C(C)C)C(C)C)(C(C)C)C(C)C. The molecule has 0 saturated heterocycles. The minimum Gasteiger partial charge on any atom is -0.482 e. The van der Waals surface area contributed by atoms with E-state index in [9.17, 15) is 0 Å². The number of benzene rings is 1. The summed E-state index contributed by atoms with van der Waals surface area (Å²) in [5.74, 6) is 0.775. The molecule has 50 heavy (non-hydrogen) atoms. The lowest BCUT2D eigenvalue weighted by molar-refractivity contribution is -0.0620. The molecule has 1 aliphatic rings. The summed E-state index contributed by atoms with van der Waals surface area (Å²) in [5, 5.41) is 1.54. The van der Waals surface area contributed by atoms with Crippen molar-refractivity contribution < 1.29 is 18.0 Å². The zero-order valence-corrected chi connectivity index (χ0v) is 39.4. The van der Waals surface area contributed by atoms with Crippen molar-refractivity contribution in [3.05, 3.63) is 34.3 Å². The van der Waals surface area contributed by atoms with Gasteiger partial charge in [0.2, 0.25) is 25.0 Å². The second kappa shape index (κ2) is 17.3. The lowest BCUT2D eigenvalue weighted by Crippen LogP contribution is -2.61. The number of ether oxygens (including phenoxy) is 1. The van der Waals surface area contributed by atoms with Gasteiger partial charge in [0.15, 0.2) is 10.8 Å². The van der Waals surface area contributed by atoms with Crippen molar-refractivity contribution in [2.45, 2.75) is 193 Å². The Bertz CT molecular complexity index is 1360. The molecule has 0 aliphatic carbocycles. The Morgan fingerprint density at radius 3 is 1.54 bits per heavy atom. The van der Waals surface area contributed by atoms with Crippen LogP contribution in [0, 0.1) is 0 Å². The van der Waals surface area contributed by atoms with E-state index in [4.69, 9.17) is 34.6 Å². The van der Waals surface area contributed by atoms with Crippen LogP contribution >= 0.6 is 22.9 Å². The van der Waals surface area contributed by atoms with Crippen molar-refractivity contribution >= 4 is 63.9 Å². The van der Waals surface area contributed by atoms with Gasteiger partial charge in [0.05, 0.1) is 22.9 Å². The first-order valence-corrected chi connectivity index (χ1v) is 27.1. The van der Waals surface area contributed by atoms with Gasteiger partial charge in [-0.1, -0.05) is 136 Å². The van der Waals surface area contributed by atoms with Gasteiger partial charge in [0, 0.05) is 5.02 Å². The molecule has 5 nitrogen and oxygen atoms in total. The molecule has 286 valence electrons. The highest BCUT2D eigenvalue weighted by molar-refractivity contribution is 7.19. The molecule has 1 aromatic heterocycles. The summed E-state index contributed by atoms with van der Waals surface area (Å²) in [7, 11) is -6.96. The Kier molecular flexibility index (Phi) is 15.2. The Morgan fingerprint density at radius 2 is 1.10 bits per heavy atom. The molecule has 10 heteroatoms. The highest BCUT2D eigenvalue weighted by atomic mass is 35.5. The second-order valence-electron chi connectivity index (χ2n) is 17.7. The average Bonchev–Trinajstić information content (AvgIpc) is 3.41. The van der Waals surface area contributed by atoms with Crippen LogP contribution in [0.5, 0.6) is 0 Å². The van der Waals surface area contributed by atoms with Crippen LogP contribution in [0.25, 0.3) is 16.0 Å². The molecule has 0 fully saturated rings. The molecule has 1 aromatic carbocycles. The molecule has 0 unspecified atom stereocenters. The summed E-state index contributed by atoms with van der Waals surface area (Å²) in [6.07, 6.45) is 1.29. The Labute approximate surface area is 319 Å².